The highest BCUT2D eigenvalue weighted by Gasteiger charge is 2.32. The third kappa shape index (κ3) is 3.93. The largest absolute Gasteiger partial charge is 0.303 e. The van der Waals surface area contributed by atoms with Gasteiger partial charge in [-0.2, -0.15) is 0 Å². The molecule has 1 fully saturated rings. The van der Waals surface area contributed by atoms with Gasteiger partial charge in [-0.25, -0.2) is 12.8 Å². The Balaban J connectivity index is 1.42. The fourth-order valence-electron chi connectivity index (χ4n) is 3.87. The number of halogens is 1. The van der Waals surface area contributed by atoms with Gasteiger partial charge in [0.05, 0.1) is 15.7 Å². The van der Waals surface area contributed by atoms with E-state index in [9.17, 15) is 12.8 Å². The monoisotopic (exact) mass is 398 g/mol. The number of hydrogen-bond donors (Lipinski definition) is 0. The highest BCUT2D eigenvalue weighted by molar-refractivity contribution is 7.92. The zero-order chi connectivity index (χ0) is 19.6. The molecule has 2 aromatic carbocycles. The second kappa shape index (κ2) is 7.97. The average Bonchev–Trinajstić information content (AvgIpc) is 2.73. The molecule has 2 heterocycles. The Hall–Kier alpha value is -2.31. The van der Waals surface area contributed by atoms with Crippen molar-refractivity contribution >= 4 is 20.7 Å². The van der Waals surface area contributed by atoms with E-state index in [1.165, 1.54) is 12.1 Å². The summed E-state index contributed by atoms with van der Waals surface area (Å²) in [6, 6.07) is 15.6. The molecule has 0 spiro atoms. The van der Waals surface area contributed by atoms with Crippen LogP contribution in [-0.4, -0.2) is 43.2 Å². The van der Waals surface area contributed by atoms with Gasteiger partial charge in [0.15, 0.2) is 9.84 Å². The molecule has 3 aromatic rings. The molecule has 6 heteroatoms. The first-order valence-corrected chi connectivity index (χ1v) is 11.1. The summed E-state index contributed by atoms with van der Waals surface area (Å²) < 4.78 is 39.5. The van der Waals surface area contributed by atoms with Gasteiger partial charge in [0, 0.05) is 18.1 Å². The standard InChI is InChI=1S/C22H23FN2O2S/c23-19-8-6-17(7-9-19)10-14-25-15-11-20(12-16-25)28(26,27)21-5-1-3-18-4-2-13-24-22(18)21/h1-9,13,20H,10-12,14-16H2. The van der Waals surface area contributed by atoms with Crippen molar-refractivity contribution in [2.24, 2.45) is 0 Å². The minimum Gasteiger partial charge on any atom is -0.303 e. The highest BCUT2D eigenvalue weighted by Crippen LogP contribution is 2.29. The summed E-state index contributed by atoms with van der Waals surface area (Å²) in [5, 5.41) is 0.475. The maximum Gasteiger partial charge on any atom is 0.183 e. The second-order valence-electron chi connectivity index (χ2n) is 7.29. The van der Waals surface area contributed by atoms with Gasteiger partial charge >= 0.3 is 0 Å². The van der Waals surface area contributed by atoms with Crippen molar-refractivity contribution < 1.29 is 12.8 Å². The normalized spacial score (nSPS) is 16.5. The number of nitrogens with zero attached hydrogens (tertiary/aromatic N) is 2. The van der Waals surface area contributed by atoms with Crippen LogP contribution in [0.3, 0.4) is 0 Å². The first-order valence-electron chi connectivity index (χ1n) is 9.58. The van der Waals surface area contributed by atoms with Gasteiger partial charge in [0.1, 0.15) is 5.82 Å². The van der Waals surface area contributed by atoms with Crippen molar-refractivity contribution in [3.8, 4) is 0 Å². The van der Waals surface area contributed by atoms with Gasteiger partial charge in [-0.05, 0) is 62.2 Å². The molecule has 0 bridgehead atoms. The van der Waals surface area contributed by atoms with Gasteiger partial charge in [-0.3, -0.25) is 4.98 Å². The molecule has 1 saturated heterocycles. The average molecular weight is 399 g/mol. The lowest BCUT2D eigenvalue weighted by Gasteiger charge is -2.31. The molecule has 0 N–H and O–H groups in total. The molecule has 1 aliphatic rings. The Kier molecular flexibility index (Phi) is 5.42. The summed E-state index contributed by atoms with van der Waals surface area (Å²) in [6.07, 6.45) is 3.72. The minimum atomic E-state index is -3.41. The van der Waals surface area contributed by atoms with Crippen LogP contribution in [0.15, 0.2) is 65.7 Å². The molecular weight excluding hydrogens is 375 g/mol. The Labute approximate surface area is 164 Å². The van der Waals surface area contributed by atoms with Gasteiger partial charge < -0.3 is 4.90 Å². The van der Waals surface area contributed by atoms with Crippen molar-refractivity contribution in [1.82, 2.24) is 9.88 Å². The lowest BCUT2D eigenvalue weighted by Crippen LogP contribution is -2.40. The van der Waals surface area contributed by atoms with E-state index in [2.05, 4.69) is 9.88 Å². The number of benzene rings is 2. The molecule has 4 nitrogen and oxygen atoms in total. The van der Waals surface area contributed by atoms with Crippen molar-refractivity contribution in [3.63, 3.8) is 0 Å². The van der Waals surface area contributed by atoms with Crippen molar-refractivity contribution in [2.45, 2.75) is 29.4 Å². The topological polar surface area (TPSA) is 50.3 Å². The third-order valence-corrected chi connectivity index (χ3v) is 7.80. The number of likely N-dealkylation sites (tertiary alicyclic amines) is 1. The van der Waals surface area contributed by atoms with Crippen LogP contribution in [0, 0.1) is 5.82 Å². The van der Waals surface area contributed by atoms with Crippen LogP contribution in [0.4, 0.5) is 4.39 Å². The van der Waals surface area contributed by atoms with Gasteiger partial charge in [0.25, 0.3) is 0 Å². The lowest BCUT2D eigenvalue weighted by atomic mass is 10.1. The fraction of sp³-hybridized carbons (Fsp3) is 0.318. The molecule has 0 amide bonds. The molecule has 28 heavy (non-hydrogen) atoms. The number of piperidine rings is 1. The van der Waals surface area contributed by atoms with E-state index < -0.39 is 9.84 Å². The Morgan fingerprint density at radius 1 is 1.00 bits per heavy atom. The summed E-state index contributed by atoms with van der Waals surface area (Å²) >= 11 is 0. The Morgan fingerprint density at radius 2 is 1.71 bits per heavy atom. The highest BCUT2D eigenvalue weighted by atomic mass is 32.2. The molecular formula is C22H23FN2O2S. The summed E-state index contributed by atoms with van der Waals surface area (Å²) in [5.74, 6) is -0.224. The first kappa shape index (κ1) is 19.0. The third-order valence-electron chi connectivity index (χ3n) is 5.51. The fourth-order valence-corrected chi connectivity index (χ4v) is 5.77. The van der Waals surface area contributed by atoms with Gasteiger partial charge in [-0.1, -0.05) is 30.3 Å². The number of para-hydroxylation sites is 1. The van der Waals surface area contributed by atoms with E-state index in [0.29, 0.717) is 23.3 Å². The summed E-state index contributed by atoms with van der Waals surface area (Å²) in [4.78, 5) is 6.94. The molecule has 146 valence electrons. The molecule has 0 atom stereocenters. The van der Waals surface area contributed by atoms with Crippen LogP contribution in [-0.2, 0) is 16.3 Å². The smallest absolute Gasteiger partial charge is 0.183 e. The molecule has 4 rings (SSSR count). The van der Waals surface area contributed by atoms with Crippen LogP contribution in [0.2, 0.25) is 0 Å². The van der Waals surface area contributed by atoms with Crippen LogP contribution in [0.25, 0.3) is 10.9 Å². The molecule has 1 aliphatic heterocycles. The number of sulfone groups is 1. The first-order chi connectivity index (χ1) is 13.5. The van der Waals surface area contributed by atoms with E-state index >= 15 is 0 Å². The van der Waals surface area contributed by atoms with E-state index in [1.807, 2.05) is 18.2 Å². The molecule has 0 aliphatic carbocycles. The molecule has 1 aromatic heterocycles. The zero-order valence-corrected chi connectivity index (χ0v) is 16.4. The summed E-state index contributed by atoms with van der Waals surface area (Å²) in [7, 11) is -3.41. The van der Waals surface area contributed by atoms with Crippen molar-refractivity contribution in [1.29, 1.82) is 0 Å². The molecule has 0 unspecified atom stereocenters. The SMILES string of the molecule is O=S(=O)(c1cccc2cccnc12)C1CCN(CCc2ccc(F)cc2)CC1. The van der Waals surface area contributed by atoms with Crippen LogP contribution < -0.4 is 0 Å². The minimum absolute atomic E-state index is 0.224. The Morgan fingerprint density at radius 3 is 2.46 bits per heavy atom. The lowest BCUT2D eigenvalue weighted by molar-refractivity contribution is 0.232. The molecule has 0 saturated carbocycles. The second-order valence-corrected chi connectivity index (χ2v) is 9.49. The van der Waals surface area contributed by atoms with E-state index in [-0.39, 0.29) is 11.1 Å². The van der Waals surface area contributed by atoms with Crippen molar-refractivity contribution in [3.05, 3.63) is 72.2 Å². The van der Waals surface area contributed by atoms with E-state index in [4.69, 9.17) is 0 Å². The summed E-state index contributed by atoms with van der Waals surface area (Å²) in [5.41, 5.74) is 1.65. The van der Waals surface area contributed by atoms with E-state index in [0.717, 1.165) is 37.0 Å². The molecule has 0 radical (unpaired) electrons. The predicted molar refractivity (Wildman–Crippen MR) is 108 cm³/mol. The maximum absolute atomic E-state index is 13.2. The maximum atomic E-state index is 13.2. The quantitative estimate of drug-likeness (QED) is 0.655. The number of hydrogen-bond acceptors (Lipinski definition) is 4. The zero-order valence-electron chi connectivity index (χ0n) is 15.6. The van der Waals surface area contributed by atoms with Gasteiger partial charge in [-0.15, -0.1) is 0 Å². The van der Waals surface area contributed by atoms with Gasteiger partial charge in [0.2, 0.25) is 0 Å². The van der Waals surface area contributed by atoms with Crippen LogP contribution in [0.1, 0.15) is 18.4 Å². The van der Waals surface area contributed by atoms with E-state index in [1.54, 1.807) is 30.5 Å². The number of rotatable bonds is 5. The summed E-state index contributed by atoms with van der Waals surface area (Å²) in [6.45, 7) is 2.36. The van der Waals surface area contributed by atoms with Crippen molar-refractivity contribution in [2.75, 3.05) is 19.6 Å². The predicted octanol–water partition coefficient (Wildman–Crippen LogP) is 3.85. The number of pyridine rings is 1. The van der Waals surface area contributed by atoms with Crippen LogP contribution >= 0.6 is 0 Å². The number of aromatic nitrogens is 1. The van der Waals surface area contributed by atoms with Crippen LogP contribution in [0.5, 0.6) is 0 Å². The number of fused-ring (bicyclic) bond motifs is 1. The Bertz CT molecular complexity index is 1050.